The Morgan fingerprint density at radius 1 is 1.32 bits per heavy atom. The number of unbranched alkanes of at least 4 members (excludes halogenated alkanes) is 1. The fourth-order valence-corrected chi connectivity index (χ4v) is 2.36. The molecule has 1 aromatic heterocycles. The predicted molar refractivity (Wildman–Crippen MR) is 84.9 cm³/mol. The van der Waals surface area contributed by atoms with Crippen LogP contribution in [0.3, 0.4) is 0 Å². The molecule has 0 bridgehead atoms. The number of hydrogen-bond donors (Lipinski definition) is 1. The maximum absolute atomic E-state index is 12.0. The summed E-state index contributed by atoms with van der Waals surface area (Å²) in [6, 6.07) is 5.83. The first-order valence-corrected chi connectivity index (χ1v) is 7.70. The molecule has 1 saturated heterocycles. The number of pyridine rings is 1. The monoisotopic (exact) mass is 302 g/mol. The van der Waals surface area contributed by atoms with E-state index >= 15 is 0 Å². The number of carbonyl (C=O) groups excluding carboxylic acids is 2. The molecule has 22 heavy (non-hydrogen) atoms. The van der Waals surface area contributed by atoms with E-state index in [4.69, 9.17) is 0 Å². The van der Waals surface area contributed by atoms with Gasteiger partial charge in [-0.15, -0.1) is 0 Å². The lowest BCUT2D eigenvalue weighted by Crippen LogP contribution is -2.54. The van der Waals surface area contributed by atoms with Crippen molar-refractivity contribution in [2.75, 3.05) is 31.1 Å². The molecule has 0 aliphatic carbocycles. The summed E-state index contributed by atoms with van der Waals surface area (Å²) in [5, 5.41) is 1.85. The summed E-state index contributed by atoms with van der Waals surface area (Å²) in [6.45, 7) is 4.99. The molecule has 0 unspecified atom stereocenters. The Labute approximate surface area is 130 Å². The van der Waals surface area contributed by atoms with Gasteiger partial charge in [-0.05, 0) is 25.0 Å². The van der Waals surface area contributed by atoms with Crippen LogP contribution >= 0.6 is 0 Å². The normalized spacial score (nSPS) is 15.2. The van der Waals surface area contributed by atoms with Gasteiger partial charge in [-0.1, -0.05) is 19.4 Å². The molecule has 2 heterocycles. The van der Waals surface area contributed by atoms with Crippen LogP contribution in [0, 0.1) is 0 Å². The van der Waals surface area contributed by atoms with Crippen LogP contribution < -0.4 is 10.3 Å². The molecule has 0 radical (unpaired) electrons. The van der Waals surface area contributed by atoms with Gasteiger partial charge in [0.2, 0.25) is 0 Å². The second-order valence-electron chi connectivity index (χ2n) is 5.29. The topological polar surface area (TPSA) is 65.5 Å². The predicted octanol–water partition coefficient (Wildman–Crippen LogP) is 1.18. The fourth-order valence-electron chi connectivity index (χ4n) is 2.36. The number of amides is 1. The first kappa shape index (κ1) is 16.2. The standard InChI is InChI=1S/C16H22N4O2/c1-2-3-6-14(13-21)16(22)18-20-11-9-19(10-12-20)15-7-4-5-8-17-15/h4-5,7-8H,2-3,6,9-12H2,1H3,(H,18,22). The molecule has 0 aromatic carbocycles. The quantitative estimate of drug-likeness (QED) is 0.631. The highest BCUT2D eigenvalue weighted by molar-refractivity contribution is 6.00. The molecule has 2 rings (SSSR count). The van der Waals surface area contributed by atoms with Gasteiger partial charge < -0.3 is 4.90 Å². The Hall–Kier alpha value is -2.17. The van der Waals surface area contributed by atoms with Crippen molar-refractivity contribution in [2.24, 2.45) is 0 Å². The number of anilines is 1. The van der Waals surface area contributed by atoms with E-state index < -0.39 is 0 Å². The summed E-state index contributed by atoms with van der Waals surface area (Å²) in [7, 11) is 0. The van der Waals surface area contributed by atoms with Crippen molar-refractivity contribution < 1.29 is 9.59 Å². The molecule has 1 aliphatic rings. The van der Waals surface area contributed by atoms with Gasteiger partial charge in [-0.2, -0.15) is 0 Å². The van der Waals surface area contributed by atoms with Gasteiger partial charge in [0.25, 0.3) is 5.91 Å². The van der Waals surface area contributed by atoms with Gasteiger partial charge in [0.1, 0.15) is 17.3 Å². The van der Waals surface area contributed by atoms with Gasteiger partial charge in [0.05, 0.1) is 0 Å². The second-order valence-corrected chi connectivity index (χ2v) is 5.29. The molecule has 1 aliphatic heterocycles. The molecular weight excluding hydrogens is 280 g/mol. The highest BCUT2D eigenvalue weighted by atomic mass is 16.2. The largest absolute Gasteiger partial charge is 0.354 e. The Morgan fingerprint density at radius 2 is 2.09 bits per heavy atom. The summed E-state index contributed by atoms with van der Waals surface area (Å²) >= 11 is 0. The Bertz CT molecular complexity index is 532. The van der Waals surface area contributed by atoms with E-state index in [2.05, 4.69) is 15.3 Å². The third-order valence-electron chi connectivity index (χ3n) is 3.69. The molecule has 6 nitrogen and oxygen atoms in total. The van der Waals surface area contributed by atoms with Crippen LogP contribution in [-0.2, 0) is 9.59 Å². The molecule has 1 N–H and O–H groups in total. The van der Waals surface area contributed by atoms with Gasteiger partial charge in [-0.25, -0.2) is 14.8 Å². The molecule has 1 amide bonds. The number of rotatable bonds is 6. The highest BCUT2D eigenvalue weighted by Gasteiger charge is 2.20. The molecule has 118 valence electrons. The van der Waals surface area contributed by atoms with E-state index in [1.54, 1.807) is 12.1 Å². The number of carbonyl (C=O) groups is 1. The third-order valence-corrected chi connectivity index (χ3v) is 3.69. The summed E-state index contributed by atoms with van der Waals surface area (Å²) in [6.07, 6.45) is 4.03. The minimum absolute atomic E-state index is 0.203. The zero-order chi connectivity index (χ0) is 15.8. The average molecular weight is 302 g/mol. The average Bonchev–Trinajstić information content (AvgIpc) is 2.57. The maximum atomic E-state index is 12.0. The number of piperazine rings is 1. The highest BCUT2D eigenvalue weighted by Crippen LogP contribution is 2.12. The molecule has 1 aromatic rings. The van der Waals surface area contributed by atoms with Crippen LogP contribution in [0.1, 0.15) is 26.2 Å². The Balaban J connectivity index is 1.82. The van der Waals surface area contributed by atoms with E-state index in [1.807, 2.05) is 30.1 Å². The fraction of sp³-hybridized carbons (Fsp3) is 0.500. The van der Waals surface area contributed by atoms with E-state index in [0.717, 1.165) is 31.7 Å². The van der Waals surface area contributed by atoms with Crippen molar-refractivity contribution in [3.8, 4) is 0 Å². The molecule has 0 spiro atoms. The van der Waals surface area contributed by atoms with Crippen molar-refractivity contribution in [1.82, 2.24) is 15.4 Å². The van der Waals surface area contributed by atoms with Gasteiger partial charge in [0, 0.05) is 32.4 Å². The van der Waals surface area contributed by atoms with Crippen molar-refractivity contribution in [3.05, 3.63) is 30.0 Å². The molecule has 6 heteroatoms. The van der Waals surface area contributed by atoms with Gasteiger partial charge in [0.15, 0.2) is 0 Å². The van der Waals surface area contributed by atoms with Crippen LogP contribution in [0.25, 0.3) is 0 Å². The van der Waals surface area contributed by atoms with Crippen LogP contribution in [0.15, 0.2) is 30.0 Å². The van der Waals surface area contributed by atoms with Crippen molar-refractivity contribution in [2.45, 2.75) is 26.2 Å². The van der Waals surface area contributed by atoms with Crippen LogP contribution in [0.2, 0.25) is 0 Å². The summed E-state index contributed by atoms with van der Waals surface area (Å²) in [4.78, 5) is 29.4. The van der Waals surface area contributed by atoms with Crippen molar-refractivity contribution >= 4 is 17.7 Å². The van der Waals surface area contributed by atoms with Gasteiger partial charge >= 0.3 is 0 Å². The number of hydrogen-bond acceptors (Lipinski definition) is 5. The smallest absolute Gasteiger partial charge is 0.272 e. The summed E-state index contributed by atoms with van der Waals surface area (Å²) in [5.74, 6) is 2.39. The number of nitrogens with one attached hydrogen (secondary N) is 1. The zero-order valence-corrected chi connectivity index (χ0v) is 12.9. The molecule has 0 saturated carbocycles. The Kier molecular flexibility index (Phi) is 6.13. The first-order valence-electron chi connectivity index (χ1n) is 7.70. The van der Waals surface area contributed by atoms with E-state index in [9.17, 15) is 9.59 Å². The van der Waals surface area contributed by atoms with Crippen LogP contribution in [-0.4, -0.2) is 48.0 Å². The lowest BCUT2D eigenvalue weighted by Gasteiger charge is -2.35. The summed E-state index contributed by atoms with van der Waals surface area (Å²) in [5.41, 5.74) is 3.00. The SMILES string of the molecule is CCCCC(=C=O)C(=O)NN1CCN(c2ccccn2)CC1. The van der Waals surface area contributed by atoms with Gasteiger partial charge in [-0.3, -0.25) is 10.2 Å². The third kappa shape index (κ3) is 4.41. The van der Waals surface area contributed by atoms with E-state index in [-0.39, 0.29) is 11.5 Å². The minimum atomic E-state index is -0.324. The number of nitrogens with zero attached hydrogens (tertiary/aromatic N) is 3. The number of aromatic nitrogens is 1. The maximum Gasteiger partial charge on any atom is 0.272 e. The minimum Gasteiger partial charge on any atom is -0.354 e. The van der Waals surface area contributed by atoms with E-state index in [1.165, 1.54) is 0 Å². The first-order chi connectivity index (χ1) is 10.7. The zero-order valence-electron chi connectivity index (χ0n) is 12.9. The van der Waals surface area contributed by atoms with Crippen molar-refractivity contribution in [3.63, 3.8) is 0 Å². The second kappa shape index (κ2) is 8.32. The van der Waals surface area contributed by atoms with Crippen LogP contribution in [0.4, 0.5) is 5.82 Å². The lowest BCUT2D eigenvalue weighted by atomic mass is 10.1. The molecular formula is C16H22N4O2. The Morgan fingerprint density at radius 3 is 2.68 bits per heavy atom. The molecule has 1 fully saturated rings. The van der Waals surface area contributed by atoms with Crippen molar-refractivity contribution in [1.29, 1.82) is 0 Å². The number of hydrazine groups is 1. The lowest BCUT2D eigenvalue weighted by molar-refractivity contribution is -0.122. The van der Waals surface area contributed by atoms with Crippen LogP contribution in [0.5, 0.6) is 0 Å². The molecule has 0 atom stereocenters. The summed E-state index contributed by atoms with van der Waals surface area (Å²) < 4.78 is 0. The van der Waals surface area contributed by atoms with E-state index in [0.29, 0.717) is 19.5 Å².